The van der Waals surface area contributed by atoms with E-state index >= 15 is 0 Å². The Bertz CT molecular complexity index is 898. The molecule has 2 heterocycles. The Labute approximate surface area is 148 Å². The van der Waals surface area contributed by atoms with Crippen LogP contribution in [0, 0.1) is 13.8 Å². The third kappa shape index (κ3) is 3.01. The van der Waals surface area contributed by atoms with Gasteiger partial charge in [-0.3, -0.25) is 4.98 Å². The summed E-state index contributed by atoms with van der Waals surface area (Å²) < 4.78 is 2.39. The van der Waals surface area contributed by atoms with Crippen molar-refractivity contribution >= 4 is 22.7 Å². The highest BCUT2D eigenvalue weighted by Crippen LogP contribution is 2.33. The van der Waals surface area contributed by atoms with Crippen LogP contribution in [0.3, 0.4) is 0 Å². The lowest BCUT2D eigenvalue weighted by atomic mass is 10.1. The van der Waals surface area contributed by atoms with E-state index in [1.54, 1.807) is 11.8 Å². The van der Waals surface area contributed by atoms with Crippen molar-refractivity contribution in [1.29, 1.82) is 0 Å². The molecule has 0 aliphatic carbocycles. The first-order valence-corrected chi connectivity index (χ1v) is 9.47. The van der Waals surface area contributed by atoms with Gasteiger partial charge in [-0.25, -0.2) is 0 Å². The summed E-state index contributed by atoms with van der Waals surface area (Å²) in [4.78, 5) is 6.00. The predicted molar refractivity (Wildman–Crippen MR) is 106 cm³/mol. The number of fused-ring (bicyclic) bond motifs is 1. The number of aryl methyl sites for hydroxylation is 1. The topological polar surface area (TPSA) is 17.8 Å². The van der Waals surface area contributed by atoms with Gasteiger partial charge < -0.3 is 4.57 Å². The number of hydrogen-bond donors (Lipinski definition) is 0. The number of hydrogen-bond acceptors (Lipinski definition) is 2. The molecule has 3 aromatic rings. The Morgan fingerprint density at radius 1 is 1.12 bits per heavy atom. The van der Waals surface area contributed by atoms with Crippen LogP contribution < -0.4 is 0 Å². The van der Waals surface area contributed by atoms with Gasteiger partial charge in [0.2, 0.25) is 0 Å². The molecule has 0 bridgehead atoms. The highest BCUT2D eigenvalue weighted by molar-refractivity contribution is 7.98. The van der Waals surface area contributed by atoms with Crippen molar-refractivity contribution in [3.63, 3.8) is 0 Å². The van der Waals surface area contributed by atoms with E-state index in [4.69, 9.17) is 4.98 Å². The van der Waals surface area contributed by atoms with E-state index in [9.17, 15) is 0 Å². The van der Waals surface area contributed by atoms with Crippen LogP contribution in [0.2, 0.25) is 0 Å². The fourth-order valence-electron chi connectivity index (χ4n) is 3.06. The molecule has 0 fully saturated rings. The molecule has 0 amide bonds. The van der Waals surface area contributed by atoms with E-state index in [0.717, 1.165) is 12.2 Å². The van der Waals surface area contributed by atoms with Crippen LogP contribution in [0.1, 0.15) is 25.1 Å². The van der Waals surface area contributed by atoms with Crippen LogP contribution in [-0.2, 0) is 6.54 Å². The van der Waals surface area contributed by atoms with Crippen molar-refractivity contribution < 1.29 is 0 Å². The van der Waals surface area contributed by atoms with Gasteiger partial charge >= 0.3 is 0 Å². The van der Waals surface area contributed by atoms with Crippen LogP contribution in [0.15, 0.2) is 53.1 Å². The predicted octanol–water partition coefficient (Wildman–Crippen LogP) is 6.01. The van der Waals surface area contributed by atoms with Gasteiger partial charge in [-0.05, 0) is 57.7 Å². The van der Waals surface area contributed by atoms with Crippen molar-refractivity contribution in [2.24, 2.45) is 0 Å². The fraction of sp³-hybridized carbons (Fsp3) is 0.286. The smallest absolute Gasteiger partial charge is 0.0945 e. The number of aromatic nitrogens is 2. The lowest BCUT2D eigenvalue weighted by Crippen LogP contribution is -2.00. The minimum atomic E-state index is 0.889. The number of allylic oxidation sites excluding steroid dienone is 2. The lowest BCUT2D eigenvalue weighted by Gasteiger charge is -2.10. The first-order valence-electron chi connectivity index (χ1n) is 8.25. The number of benzene rings is 1. The zero-order chi connectivity index (χ0) is 17.3. The molecule has 2 aromatic heterocycles. The van der Waals surface area contributed by atoms with Crippen molar-refractivity contribution in [3.8, 4) is 11.3 Å². The molecule has 3 rings (SSSR count). The maximum Gasteiger partial charge on any atom is 0.0945 e. The summed E-state index contributed by atoms with van der Waals surface area (Å²) in [6.07, 6.45) is 6.31. The standard InChI is InChI=1S/C21H24N2S/c1-14(2)11-13-23-16(4)15(3)19-10-12-22-20(21(19)23)17-6-8-18(24-5)9-7-17/h6-12H,13H2,1-5H3. The van der Waals surface area contributed by atoms with Crippen LogP contribution in [0.5, 0.6) is 0 Å². The maximum atomic E-state index is 4.73. The Kier molecular flexibility index (Phi) is 4.81. The van der Waals surface area contributed by atoms with Gasteiger partial charge in [0.1, 0.15) is 0 Å². The summed E-state index contributed by atoms with van der Waals surface area (Å²) in [5, 5.41) is 1.30. The number of nitrogens with zero attached hydrogens (tertiary/aromatic N) is 2. The molecule has 3 heteroatoms. The van der Waals surface area contributed by atoms with E-state index in [-0.39, 0.29) is 0 Å². The van der Waals surface area contributed by atoms with Crippen LogP contribution in [0.25, 0.3) is 22.2 Å². The van der Waals surface area contributed by atoms with Crippen molar-refractivity contribution in [2.45, 2.75) is 39.1 Å². The Morgan fingerprint density at radius 3 is 2.46 bits per heavy atom. The lowest BCUT2D eigenvalue weighted by molar-refractivity contribution is 0.816. The van der Waals surface area contributed by atoms with Crippen molar-refractivity contribution in [2.75, 3.05) is 6.26 Å². The molecule has 0 N–H and O–H groups in total. The summed E-state index contributed by atoms with van der Waals surface area (Å²) in [5.41, 5.74) is 7.48. The third-order valence-electron chi connectivity index (χ3n) is 4.59. The van der Waals surface area contributed by atoms with E-state index in [1.807, 2.05) is 6.20 Å². The normalized spacial score (nSPS) is 11.0. The molecule has 1 aromatic carbocycles. The van der Waals surface area contributed by atoms with E-state index in [1.165, 1.54) is 38.2 Å². The second kappa shape index (κ2) is 6.86. The molecule has 2 nitrogen and oxygen atoms in total. The number of rotatable bonds is 4. The molecular weight excluding hydrogens is 312 g/mol. The second-order valence-corrected chi connectivity index (χ2v) is 7.27. The minimum absolute atomic E-state index is 0.889. The molecular formula is C21H24N2S. The highest BCUT2D eigenvalue weighted by atomic mass is 32.2. The zero-order valence-electron chi connectivity index (χ0n) is 15.1. The second-order valence-electron chi connectivity index (χ2n) is 6.39. The molecule has 0 unspecified atom stereocenters. The fourth-order valence-corrected chi connectivity index (χ4v) is 3.47. The average molecular weight is 337 g/mol. The van der Waals surface area contributed by atoms with Gasteiger partial charge in [0, 0.05) is 34.3 Å². The first-order chi connectivity index (χ1) is 11.5. The molecule has 0 aliphatic heterocycles. The molecule has 0 aliphatic rings. The van der Waals surface area contributed by atoms with Crippen LogP contribution >= 0.6 is 11.8 Å². The monoisotopic (exact) mass is 336 g/mol. The van der Waals surface area contributed by atoms with Gasteiger partial charge in [-0.1, -0.05) is 23.8 Å². The highest BCUT2D eigenvalue weighted by Gasteiger charge is 2.15. The average Bonchev–Trinajstić information content (AvgIpc) is 2.84. The molecule has 124 valence electrons. The summed E-state index contributed by atoms with van der Waals surface area (Å²) in [7, 11) is 0. The van der Waals surface area contributed by atoms with E-state index in [2.05, 4.69) is 74.9 Å². The molecule has 0 saturated heterocycles. The molecule has 24 heavy (non-hydrogen) atoms. The van der Waals surface area contributed by atoms with Gasteiger partial charge in [0.25, 0.3) is 0 Å². The maximum absolute atomic E-state index is 4.73. The van der Waals surface area contributed by atoms with E-state index < -0.39 is 0 Å². The summed E-state index contributed by atoms with van der Waals surface area (Å²) >= 11 is 1.76. The van der Waals surface area contributed by atoms with Gasteiger partial charge in [0.15, 0.2) is 0 Å². The van der Waals surface area contributed by atoms with Crippen LogP contribution in [-0.4, -0.2) is 15.8 Å². The zero-order valence-corrected chi connectivity index (χ0v) is 15.9. The number of pyridine rings is 1. The molecule has 0 spiro atoms. The summed E-state index contributed by atoms with van der Waals surface area (Å²) in [5.74, 6) is 0. The summed E-state index contributed by atoms with van der Waals surface area (Å²) in [6.45, 7) is 9.59. The SMILES string of the molecule is CSc1ccc(-c2nccc3c(C)c(C)n(CC=C(C)C)c23)cc1. The number of thioether (sulfide) groups is 1. The first kappa shape index (κ1) is 16.8. The minimum Gasteiger partial charge on any atom is -0.339 e. The van der Waals surface area contributed by atoms with Crippen LogP contribution in [0.4, 0.5) is 0 Å². The van der Waals surface area contributed by atoms with E-state index in [0.29, 0.717) is 0 Å². The summed E-state index contributed by atoms with van der Waals surface area (Å²) in [6, 6.07) is 10.8. The van der Waals surface area contributed by atoms with Crippen molar-refractivity contribution in [1.82, 2.24) is 9.55 Å². The Morgan fingerprint density at radius 2 is 1.83 bits per heavy atom. The molecule has 0 saturated carbocycles. The molecule has 0 radical (unpaired) electrons. The third-order valence-corrected chi connectivity index (χ3v) is 5.33. The van der Waals surface area contributed by atoms with Gasteiger partial charge in [-0.2, -0.15) is 0 Å². The van der Waals surface area contributed by atoms with Gasteiger partial charge in [0.05, 0.1) is 11.2 Å². The van der Waals surface area contributed by atoms with Crippen molar-refractivity contribution in [3.05, 3.63) is 59.4 Å². The largest absolute Gasteiger partial charge is 0.339 e. The quantitative estimate of drug-likeness (QED) is 0.429. The van der Waals surface area contributed by atoms with Gasteiger partial charge in [-0.15, -0.1) is 11.8 Å². The Hall–Kier alpha value is -2.00. The molecule has 0 atom stereocenters. The Balaban J connectivity index is 2.24.